The summed E-state index contributed by atoms with van der Waals surface area (Å²) >= 11 is 6.21. The smallest absolute Gasteiger partial charge is 0.100 e. The van der Waals surface area contributed by atoms with Crippen LogP contribution in [0.2, 0.25) is 0 Å². The number of hydrogen-bond donors (Lipinski definition) is 0. The lowest BCUT2D eigenvalue weighted by Gasteiger charge is -2.44. The molecule has 4 heteroatoms. The second-order valence-electron chi connectivity index (χ2n) is 6.14. The lowest BCUT2D eigenvalue weighted by Crippen LogP contribution is -2.53. The number of alkyl halides is 1. The highest BCUT2D eigenvalue weighted by molar-refractivity contribution is 6.21. The third kappa shape index (κ3) is 4.07. The molecule has 6 unspecified atom stereocenters. The highest BCUT2D eigenvalue weighted by Gasteiger charge is 2.43. The van der Waals surface area contributed by atoms with E-state index in [1.54, 1.807) is 7.11 Å². The highest BCUT2D eigenvalue weighted by atomic mass is 35.5. The topological polar surface area (TPSA) is 27.7 Å². The first-order valence-corrected chi connectivity index (χ1v) is 7.95. The predicted octanol–water partition coefficient (Wildman–Crippen LogP) is 3.24. The molecule has 2 saturated carbocycles. The maximum absolute atomic E-state index is 6.21. The first-order valence-electron chi connectivity index (χ1n) is 7.52. The monoisotopic (exact) mass is 290 g/mol. The van der Waals surface area contributed by atoms with Gasteiger partial charge in [0, 0.05) is 7.11 Å². The Bertz CT molecular complexity index is 274. The Morgan fingerprint density at radius 2 is 1.84 bits per heavy atom. The Morgan fingerprint density at radius 3 is 2.47 bits per heavy atom. The molecule has 2 aliphatic carbocycles. The van der Waals surface area contributed by atoms with Crippen LogP contribution in [0.25, 0.3) is 0 Å². The third-order valence-electron chi connectivity index (χ3n) is 4.70. The zero-order valence-corrected chi connectivity index (χ0v) is 13.1. The van der Waals surface area contributed by atoms with Gasteiger partial charge in [0.05, 0.1) is 30.8 Å². The molecule has 0 aromatic heterocycles. The Balaban J connectivity index is 1.73. The van der Waals surface area contributed by atoms with E-state index in [1.807, 2.05) is 0 Å². The summed E-state index contributed by atoms with van der Waals surface area (Å²) in [6.45, 7) is 5.89. The molecule has 0 amide bonds. The third-order valence-corrected chi connectivity index (χ3v) is 5.12. The molecule has 0 heterocycles. The van der Waals surface area contributed by atoms with Crippen molar-refractivity contribution in [2.45, 2.75) is 63.2 Å². The second-order valence-corrected chi connectivity index (χ2v) is 6.70. The van der Waals surface area contributed by atoms with Gasteiger partial charge in [0.15, 0.2) is 0 Å². The van der Waals surface area contributed by atoms with Crippen molar-refractivity contribution < 1.29 is 14.2 Å². The quantitative estimate of drug-likeness (QED) is 0.555. The average molecular weight is 291 g/mol. The Hall–Kier alpha value is 0.170. The first-order chi connectivity index (χ1) is 9.11. The van der Waals surface area contributed by atoms with E-state index in [0.717, 1.165) is 18.3 Å². The van der Waals surface area contributed by atoms with Crippen LogP contribution in [0.1, 0.15) is 39.5 Å². The van der Waals surface area contributed by atoms with Crippen LogP contribution < -0.4 is 0 Å². The standard InChI is InChI=1S/C15H27ClO3/c1-10-4-5-12(8-11(10)2)19-14-9-13(16)15(14)18-7-6-17-3/h10-15H,4-9H2,1-3H3. The number of ether oxygens (including phenoxy) is 3. The maximum Gasteiger partial charge on any atom is 0.100 e. The van der Waals surface area contributed by atoms with Gasteiger partial charge in [-0.05, 0) is 37.5 Å². The summed E-state index contributed by atoms with van der Waals surface area (Å²) in [5.74, 6) is 1.59. The molecule has 0 saturated heterocycles. The van der Waals surface area contributed by atoms with Crippen molar-refractivity contribution in [2.24, 2.45) is 11.8 Å². The summed E-state index contributed by atoms with van der Waals surface area (Å²) in [5.41, 5.74) is 0. The van der Waals surface area contributed by atoms with Gasteiger partial charge >= 0.3 is 0 Å². The molecular weight excluding hydrogens is 264 g/mol. The fraction of sp³-hybridized carbons (Fsp3) is 1.00. The Morgan fingerprint density at radius 1 is 1.05 bits per heavy atom. The van der Waals surface area contributed by atoms with Crippen LogP contribution in [0.3, 0.4) is 0 Å². The van der Waals surface area contributed by atoms with Crippen molar-refractivity contribution in [3.8, 4) is 0 Å². The predicted molar refractivity (Wildman–Crippen MR) is 76.7 cm³/mol. The number of hydrogen-bond acceptors (Lipinski definition) is 3. The Labute approximate surface area is 121 Å². The van der Waals surface area contributed by atoms with Gasteiger partial charge in [0.2, 0.25) is 0 Å². The minimum absolute atomic E-state index is 0.0477. The van der Waals surface area contributed by atoms with Crippen LogP contribution in [0.5, 0.6) is 0 Å². The van der Waals surface area contributed by atoms with E-state index < -0.39 is 0 Å². The summed E-state index contributed by atoms with van der Waals surface area (Å²) in [6.07, 6.45) is 5.18. The lowest BCUT2D eigenvalue weighted by molar-refractivity contribution is -0.161. The fourth-order valence-corrected chi connectivity index (χ4v) is 3.42. The van der Waals surface area contributed by atoms with Crippen molar-refractivity contribution in [1.29, 1.82) is 0 Å². The van der Waals surface area contributed by atoms with Crippen molar-refractivity contribution in [3.05, 3.63) is 0 Å². The van der Waals surface area contributed by atoms with Crippen LogP contribution in [-0.4, -0.2) is 44.0 Å². The van der Waals surface area contributed by atoms with Gasteiger partial charge in [0.25, 0.3) is 0 Å². The molecule has 3 nitrogen and oxygen atoms in total. The molecule has 0 aromatic rings. The van der Waals surface area contributed by atoms with E-state index in [0.29, 0.717) is 19.3 Å². The van der Waals surface area contributed by atoms with Crippen molar-refractivity contribution in [1.82, 2.24) is 0 Å². The number of rotatable bonds is 6. The molecule has 2 rings (SSSR count). The molecule has 0 bridgehead atoms. The largest absolute Gasteiger partial charge is 0.382 e. The van der Waals surface area contributed by atoms with E-state index >= 15 is 0 Å². The molecule has 0 N–H and O–H groups in total. The van der Waals surface area contributed by atoms with Gasteiger partial charge in [0.1, 0.15) is 6.10 Å². The van der Waals surface area contributed by atoms with Gasteiger partial charge < -0.3 is 14.2 Å². The van der Waals surface area contributed by atoms with Crippen LogP contribution in [0, 0.1) is 11.8 Å². The molecule has 0 radical (unpaired) electrons. The lowest BCUT2D eigenvalue weighted by atomic mass is 9.80. The van der Waals surface area contributed by atoms with Crippen molar-refractivity contribution in [2.75, 3.05) is 20.3 Å². The van der Waals surface area contributed by atoms with Crippen molar-refractivity contribution in [3.63, 3.8) is 0 Å². The number of halogens is 1. The molecule has 19 heavy (non-hydrogen) atoms. The summed E-state index contributed by atoms with van der Waals surface area (Å²) in [4.78, 5) is 0. The SMILES string of the molecule is COCCOC1C(Cl)CC1OC1CCC(C)C(C)C1. The van der Waals surface area contributed by atoms with E-state index in [-0.39, 0.29) is 17.6 Å². The van der Waals surface area contributed by atoms with Gasteiger partial charge in [-0.3, -0.25) is 0 Å². The maximum atomic E-state index is 6.21. The zero-order valence-electron chi connectivity index (χ0n) is 12.3. The van der Waals surface area contributed by atoms with E-state index in [2.05, 4.69) is 13.8 Å². The van der Waals surface area contributed by atoms with Crippen LogP contribution in [0.15, 0.2) is 0 Å². The van der Waals surface area contributed by atoms with Crippen LogP contribution >= 0.6 is 11.6 Å². The van der Waals surface area contributed by atoms with Gasteiger partial charge in [-0.1, -0.05) is 13.8 Å². The molecule has 2 aliphatic rings. The highest BCUT2D eigenvalue weighted by Crippen LogP contribution is 2.37. The molecule has 6 atom stereocenters. The first kappa shape index (κ1) is 15.6. The molecule has 0 spiro atoms. The van der Waals surface area contributed by atoms with Crippen molar-refractivity contribution >= 4 is 11.6 Å². The molecule has 112 valence electrons. The van der Waals surface area contributed by atoms with Crippen LogP contribution in [0.4, 0.5) is 0 Å². The normalized spacial score (nSPS) is 42.9. The summed E-state index contributed by atoms with van der Waals surface area (Å²) < 4.78 is 17.0. The fourth-order valence-electron chi connectivity index (χ4n) is 3.01. The van der Waals surface area contributed by atoms with Gasteiger partial charge in [-0.2, -0.15) is 0 Å². The minimum Gasteiger partial charge on any atom is -0.382 e. The average Bonchev–Trinajstić information content (AvgIpc) is 2.38. The molecule has 0 aliphatic heterocycles. The zero-order chi connectivity index (χ0) is 13.8. The molecule has 0 aromatic carbocycles. The van der Waals surface area contributed by atoms with Gasteiger partial charge in [-0.15, -0.1) is 11.6 Å². The molecular formula is C15H27ClO3. The van der Waals surface area contributed by atoms with Gasteiger partial charge in [-0.25, -0.2) is 0 Å². The minimum atomic E-state index is 0.0477. The molecule has 2 fully saturated rings. The Kier molecular flexibility index (Phi) is 5.94. The summed E-state index contributed by atoms with van der Waals surface area (Å²) in [5, 5.41) is 0.0989. The van der Waals surface area contributed by atoms with Crippen LogP contribution in [-0.2, 0) is 14.2 Å². The second kappa shape index (κ2) is 7.26. The summed E-state index contributed by atoms with van der Waals surface area (Å²) in [6, 6.07) is 0. The number of methoxy groups -OCH3 is 1. The summed E-state index contributed by atoms with van der Waals surface area (Å²) in [7, 11) is 1.68. The van der Waals surface area contributed by atoms with E-state index in [4.69, 9.17) is 25.8 Å². The van der Waals surface area contributed by atoms with E-state index in [1.165, 1.54) is 19.3 Å². The van der Waals surface area contributed by atoms with E-state index in [9.17, 15) is 0 Å².